The van der Waals surface area contributed by atoms with Crippen molar-refractivity contribution in [3.63, 3.8) is 0 Å². The van der Waals surface area contributed by atoms with E-state index in [2.05, 4.69) is 13.2 Å². The van der Waals surface area contributed by atoms with Crippen molar-refractivity contribution in [1.29, 1.82) is 0 Å². The molecule has 3 rings (SSSR count). The molecule has 18 heavy (non-hydrogen) atoms. The summed E-state index contributed by atoms with van der Waals surface area (Å²) in [7, 11) is 0. The number of fused-ring (bicyclic) bond motifs is 3. The van der Waals surface area contributed by atoms with E-state index in [1.165, 1.54) is 0 Å². The van der Waals surface area contributed by atoms with Crippen LogP contribution in [0.3, 0.4) is 0 Å². The summed E-state index contributed by atoms with van der Waals surface area (Å²) in [5.41, 5.74) is 2.26. The molecule has 0 spiro atoms. The summed E-state index contributed by atoms with van der Waals surface area (Å²) in [6, 6.07) is 0. The highest BCUT2D eigenvalue weighted by Gasteiger charge is 2.54. The van der Waals surface area contributed by atoms with Crippen LogP contribution in [0.5, 0.6) is 0 Å². The van der Waals surface area contributed by atoms with Crippen molar-refractivity contribution in [1.82, 2.24) is 0 Å². The lowest BCUT2D eigenvalue weighted by Gasteiger charge is -2.27. The van der Waals surface area contributed by atoms with Crippen LogP contribution in [0.25, 0.3) is 0 Å². The molecule has 3 heteroatoms. The molecule has 0 bridgehead atoms. The summed E-state index contributed by atoms with van der Waals surface area (Å²) in [4.78, 5) is 11.8. The van der Waals surface area contributed by atoms with Gasteiger partial charge < -0.3 is 9.84 Å². The Morgan fingerprint density at radius 3 is 2.78 bits per heavy atom. The van der Waals surface area contributed by atoms with Crippen molar-refractivity contribution < 1.29 is 14.6 Å². The van der Waals surface area contributed by atoms with Crippen molar-refractivity contribution in [2.45, 2.75) is 38.4 Å². The van der Waals surface area contributed by atoms with Crippen molar-refractivity contribution in [2.75, 3.05) is 0 Å². The number of hydrogen-bond donors (Lipinski definition) is 1. The molecule has 0 aromatic carbocycles. The highest BCUT2D eigenvalue weighted by Crippen LogP contribution is 2.52. The molecule has 1 heterocycles. The van der Waals surface area contributed by atoms with E-state index in [1.807, 2.05) is 6.92 Å². The molecule has 3 aliphatic rings. The van der Waals surface area contributed by atoms with Gasteiger partial charge in [0.2, 0.25) is 0 Å². The molecule has 0 aromatic heterocycles. The molecule has 2 aliphatic carbocycles. The maximum absolute atomic E-state index is 11.8. The van der Waals surface area contributed by atoms with E-state index in [4.69, 9.17) is 4.74 Å². The highest BCUT2D eigenvalue weighted by atomic mass is 16.6. The Hall–Kier alpha value is -1.09. The van der Waals surface area contributed by atoms with Crippen LogP contribution in [-0.2, 0) is 9.53 Å². The third kappa shape index (κ3) is 1.50. The van der Waals surface area contributed by atoms with E-state index in [-0.39, 0.29) is 29.8 Å². The number of carbonyl (C=O) groups excluding carboxylic acids is 1. The second kappa shape index (κ2) is 3.95. The lowest BCUT2D eigenvalue weighted by Crippen LogP contribution is -2.35. The number of ether oxygens (including phenoxy) is 1. The van der Waals surface area contributed by atoms with E-state index in [1.54, 1.807) is 0 Å². The molecule has 0 amide bonds. The maximum atomic E-state index is 11.8. The Labute approximate surface area is 108 Å². The van der Waals surface area contributed by atoms with Crippen molar-refractivity contribution >= 4 is 5.97 Å². The molecule has 6 atom stereocenters. The van der Waals surface area contributed by atoms with Crippen molar-refractivity contribution in [3.8, 4) is 0 Å². The fourth-order valence-electron chi connectivity index (χ4n) is 4.07. The quantitative estimate of drug-likeness (QED) is 0.527. The zero-order valence-electron chi connectivity index (χ0n) is 10.8. The monoisotopic (exact) mass is 248 g/mol. The Morgan fingerprint density at radius 2 is 2.06 bits per heavy atom. The topological polar surface area (TPSA) is 46.5 Å². The molecule has 1 saturated heterocycles. The lowest BCUT2D eigenvalue weighted by atomic mass is 9.79. The van der Waals surface area contributed by atoms with Crippen LogP contribution in [0.2, 0.25) is 0 Å². The van der Waals surface area contributed by atoms with Crippen LogP contribution in [0.4, 0.5) is 0 Å². The van der Waals surface area contributed by atoms with Gasteiger partial charge in [-0.25, -0.2) is 0 Å². The van der Waals surface area contributed by atoms with Gasteiger partial charge in [-0.05, 0) is 25.2 Å². The first kappa shape index (κ1) is 12.0. The van der Waals surface area contributed by atoms with Gasteiger partial charge in [-0.15, -0.1) is 0 Å². The molecule has 3 nitrogen and oxygen atoms in total. The SMILES string of the molecule is C=C1CC[C@H]2C(=C)C[C@H](O)[C@@H]3[C@H](OC(=O)[C@@H]3C)[C@@H]12. The van der Waals surface area contributed by atoms with Crippen LogP contribution < -0.4 is 0 Å². The van der Waals surface area contributed by atoms with Crippen LogP contribution >= 0.6 is 0 Å². The van der Waals surface area contributed by atoms with Gasteiger partial charge in [0.15, 0.2) is 0 Å². The van der Waals surface area contributed by atoms with E-state index < -0.39 is 6.10 Å². The Kier molecular flexibility index (Phi) is 2.63. The normalized spacial score (nSPS) is 47.6. The predicted molar refractivity (Wildman–Crippen MR) is 67.7 cm³/mol. The highest BCUT2D eigenvalue weighted by molar-refractivity contribution is 5.75. The number of aliphatic hydroxyl groups excluding tert-OH is 1. The van der Waals surface area contributed by atoms with E-state index in [0.717, 1.165) is 24.0 Å². The lowest BCUT2D eigenvalue weighted by molar-refractivity contribution is -0.145. The Balaban J connectivity index is 2.02. The number of carbonyl (C=O) groups is 1. The smallest absolute Gasteiger partial charge is 0.309 e. The van der Waals surface area contributed by atoms with Crippen LogP contribution in [0.15, 0.2) is 24.3 Å². The molecule has 2 saturated carbocycles. The number of rotatable bonds is 0. The van der Waals surface area contributed by atoms with Gasteiger partial charge in [0.05, 0.1) is 12.0 Å². The molecular formula is C15H20O3. The van der Waals surface area contributed by atoms with Gasteiger partial charge in [0.25, 0.3) is 0 Å². The van der Waals surface area contributed by atoms with Crippen LogP contribution in [0, 0.1) is 23.7 Å². The van der Waals surface area contributed by atoms with Crippen LogP contribution in [0.1, 0.15) is 26.2 Å². The molecule has 3 fully saturated rings. The van der Waals surface area contributed by atoms with E-state index in [9.17, 15) is 9.90 Å². The first-order valence-electron chi connectivity index (χ1n) is 6.74. The predicted octanol–water partition coefficient (Wildman–Crippen LogP) is 2.07. The van der Waals surface area contributed by atoms with Crippen molar-refractivity contribution in [2.24, 2.45) is 23.7 Å². The number of esters is 1. The second-order valence-corrected chi connectivity index (χ2v) is 6.03. The molecule has 98 valence electrons. The zero-order valence-corrected chi connectivity index (χ0v) is 10.8. The standard InChI is InChI=1S/C15H20O3/c1-7-4-5-10-8(2)6-11(16)13-9(3)15(17)18-14(13)12(7)10/h9-14,16H,1-2,4-6H2,3H3/t9-,10+,11+,12+,13-,14-/m1/s1. The second-order valence-electron chi connectivity index (χ2n) is 6.03. The van der Waals surface area contributed by atoms with Gasteiger partial charge in [-0.3, -0.25) is 4.79 Å². The van der Waals surface area contributed by atoms with Gasteiger partial charge in [0.1, 0.15) is 6.10 Å². The minimum Gasteiger partial charge on any atom is -0.461 e. The average molecular weight is 248 g/mol. The number of aliphatic hydroxyl groups is 1. The maximum Gasteiger partial charge on any atom is 0.309 e. The van der Waals surface area contributed by atoms with Gasteiger partial charge >= 0.3 is 5.97 Å². The fraction of sp³-hybridized carbons (Fsp3) is 0.667. The summed E-state index contributed by atoms with van der Waals surface area (Å²) >= 11 is 0. The summed E-state index contributed by atoms with van der Waals surface area (Å²) in [5.74, 6) is 0.0212. The molecule has 0 aromatic rings. The number of hydrogen-bond acceptors (Lipinski definition) is 3. The summed E-state index contributed by atoms with van der Waals surface area (Å²) < 4.78 is 5.56. The van der Waals surface area contributed by atoms with Crippen LogP contribution in [-0.4, -0.2) is 23.3 Å². The minimum absolute atomic E-state index is 0.0981. The van der Waals surface area contributed by atoms with Gasteiger partial charge in [-0.2, -0.15) is 0 Å². The van der Waals surface area contributed by atoms with Gasteiger partial charge in [0, 0.05) is 11.8 Å². The third-order valence-electron chi connectivity index (χ3n) is 5.06. The molecule has 0 radical (unpaired) electrons. The molecule has 1 aliphatic heterocycles. The molecule has 1 N–H and O–H groups in total. The van der Waals surface area contributed by atoms with Gasteiger partial charge in [-0.1, -0.05) is 31.2 Å². The Morgan fingerprint density at radius 1 is 1.33 bits per heavy atom. The minimum atomic E-state index is -0.512. The third-order valence-corrected chi connectivity index (χ3v) is 5.06. The average Bonchev–Trinajstić information content (AvgIpc) is 2.77. The van der Waals surface area contributed by atoms with Crippen molar-refractivity contribution in [3.05, 3.63) is 24.3 Å². The fourth-order valence-corrected chi connectivity index (χ4v) is 4.07. The zero-order chi connectivity index (χ0) is 13.0. The largest absolute Gasteiger partial charge is 0.461 e. The first-order chi connectivity index (χ1) is 8.50. The first-order valence-corrected chi connectivity index (χ1v) is 6.74. The van der Waals surface area contributed by atoms with E-state index in [0.29, 0.717) is 12.3 Å². The summed E-state index contributed by atoms with van der Waals surface area (Å²) in [6.45, 7) is 10.1. The molecular weight excluding hydrogens is 228 g/mol. The van der Waals surface area contributed by atoms with E-state index >= 15 is 0 Å². The molecule has 0 unspecified atom stereocenters. The summed E-state index contributed by atoms with van der Waals surface area (Å²) in [6.07, 6.45) is 1.91. The summed E-state index contributed by atoms with van der Waals surface area (Å²) in [5, 5.41) is 10.3. The Bertz CT molecular complexity index is 425.